The first-order chi connectivity index (χ1) is 7.61. The van der Waals surface area contributed by atoms with Crippen molar-refractivity contribution < 1.29 is 13.2 Å². The molecule has 2 rings (SSSR count). The molecule has 16 heavy (non-hydrogen) atoms. The maximum atomic E-state index is 11.2. The molecule has 1 saturated heterocycles. The second-order valence-corrected chi connectivity index (χ2v) is 5.88. The molecule has 1 aromatic heterocycles. The Hall–Kier alpha value is -1.50. The fourth-order valence-corrected chi connectivity index (χ4v) is 2.67. The van der Waals surface area contributed by atoms with Gasteiger partial charge in [-0.25, -0.2) is 18.4 Å². The zero-order chi connectivity index (χ0) is 11.6. The molecular weight excluding hydrogens is 230 g/mol. The maximum absolute atomic E-state index is 11.2. The topological polar surface area (TPSA) is 80.2 Å². The van der Waals surface area contributed by atoms with Crippen molar-refractivity contribution >= 4 is 22.1 Å². The first-order valence-corrected chi connectivity index (χ1v) is 6.65. The van der Waals surface area contributed by atoms with E-state index in [9.17, 15) is 13.2 Å². The smallest absolute Gasteiger partial charge is 0.225 e. The fourth-order valence-electron chi connectivity index (χ4n) is 1.47. The molecule has 0 N–H and O–H groups in total. The third-order valence-electron chi connectivity index (χ3n) is 2.42. The molecule has 0 radical (unpaired) electrons. The first kappa shape index (κ1) is 11.0. The van der Waals surface area contributed by atoms with Crippen LogP contribution in [0.4, 0.5) is 5.95 Å². The molecule has 86 valence electrons. The highest BCUT2D eigenvalue weighted by atomic mass is 32.2. The van der Waals surface area contributed by atoms with Crippen molar-refractivity contribution in [3.8, 4) is 0 Å². The molecular formula is C9H11N3O3S. The van der Waals surface area contributed by atoms with Crippen LogP contribution in [0.3, 0.4) is 0 Å². The molecule has 0 amide bonds. The van der Waals surface area contributed by atoms with Gasteiger partial charge in [-0.1, -0.05) is 0 Å². The third-order valence-corrected chi connectivity index (χ3v) is 4.03. The van der Waals surface area contributed by atoms with E-state index in [1.54, 1.807) is 4.90 Å². The lowest BCUT2D eigenvalue weighted by Crippen LogP contribution is -2.41. The van der Waals surface area contributed by atoms with Crippen molar-refractivity contribution in [2.24, 2.45) is 0 Å². The Morgan fingerprint density at radius 2 is 1.75 bits per heavy atom. The predicted molar refractivity (Wildman–Crippen MR) is 58.3 cm³/mol. The molecule has 2 heterocycles. The lowest BCUT2D eigenvalue weighted by molar-refractivity contribution is 0.112. The van der Waals surface area contributed by atoms with Crippen molar-refractivity contribution in [3.05, 3.63) is 18.0 Å². The number of sulfone groups is 1. The number of anilines is 1. The van der Waals surface area contributed by atoms with E-state index in [1.807, 2.05) is 0 Å². The van der Waals surface area contributed by atoms with Crippen molar-refractivity contribution in [2.75, 3.05) is 29.5 Å². The van der Waals surface area contributed by atoms with Gasteiger partial charge in [-0.3, -0.25) is 4.79 Å². The van der Waals surface area contributed by atoms with Crippen LogP contribution in [-0.4, -0.2) is 49.3 Å². The standard InChI is InChI=1S/C9H11N3O3S/c13-7-8-5-10-9(11-6-8)12-1-3-16(14,15)4-2-12/h5-7H,1-4H2. The van der Waals surface area contributed by atoms with E-state index in [-0.39, 0.29) is 11.5 Å². The van der Waals surface area contributed by atoms with E-state index in [0.717, 1.165) is 0 Å². The van der Waals surface area contributed by atoms with E-state index in [2.05, 4.69) is 9.97 Å². The maximum Gasteiger partial charge on any atom is 0.225 e. The number of carbonyl (C=O) groups is 1. The van der Waals surface area contributed by atoms with Gasteiger partial charge in [-0.2, -0.15) is 0 Å². The number of aldehydes is 1. The molecule has 7 heteroatoms. The summed E-state index contributed by atoms with van der Waals surface area (Å²) >= 11 is 0. The van der Waals surface area contributed by atoms with Gasteiger partial charge in [-0.05, 0) is 0 Å². The Morgan fingerprint density at radius 3 is 2.25 bits per heavy atom. The molecule has 0 saturated carbocycles. The zero-order valence-electron chi connectivity index (χ0n) is 8.54. The van der Waals surface area contributed by atoms with Crippen LogP contribution >= 0.6 is 0 Å². The van der Waals surface area contributed by atoms with Crippen LogP contribution in [0, 0.1) is 0 Å². The number of hydrogen-bond acceptors (Lipinski definition) is 6. The number of carbonyl (C=O) groups excluding carboxylic acids is 1. The highest BCUT2D eigenvalue weighted by molar-refractivity contribution is 7.91. The number of nitrogens with zero attached hydrogens (tertiary/aromatic N) is 3. The second-order valence-electron chi connectivity index (χ2n) is 3.57. The highest BCUT2D eigenvalue weighted by Gasteiger charge is 2.22. The Labute approximate surface area is 93.2 Å². The highest BCUT2D eigenvalue weighted by Crippen LogP contribution is 2.11. The van der Waals surface area contributed by atoms with Crippen LogP contribution in [0.15, 0.2) is 12.4 Å². The van der Waals surface area contributed by atoms with Gasteiger partial charge in [0, 0.05) is 25.5 Å². The molecule has 0 atom stereocenters. The van der Waals surface area contributed by atoms with Gasteiger partial charge in [0.15, 0.2) is 16.1 Å². The normalized spacial score (nSPS) is 19.4. The van der Waals surface area contributed by atoms with Gasteiger partial charge in [0.2, 0.25) is 5.95 Å². The Kier molecular flexibility index (Phi) is 2.86. The largest absolute Gasteiger partial charge is 0.339 e. The zero-order valence-corrected chi connectivity index (χ0v) is 9.35. The predicted octanol–water partition coefficient (Wildman–Crippen LogP) is -0.476. The van der Waals surface area contributed by atoms with Crippen LogP contribution < -0.4 is 4.90 Å². The quantitative estimate of drug-likeness (QED) is 0.651. The summed E-state index contributed by atoms with van der Waals surface area (Å²) in [7, 11) is -2.89. The van der Waals surface area contributed by atoms with Gasteiger partial charge < -0.3 is 4.90 Å². The molecule has 1 aliphatic rings. The van der Waals surface area contributed by atoms with Crippen LogP contribution in [0.2, 0.25) is 0 Å². The molecule has 6 nitrogen and oxygen atoms in total. The lowest BCUT2D eigenvalue weighted by Gasteiger charge is -2.26. The number of aromatic nitrogens is 2. The molecule has 0 unspecified atom stereocenters. The molecule has 0 aliphatic carbocycles. The summed E-state index contributed by atoms with van der Waals surface area (Å²) in [5.74, 6) is 0.734. The minimum absolute atomic E-state index is 0.131. The lowest BCUT2D eigenvalue weighted by atomic mass is 10.4. The van der Waals surface area contributed by atoms with Crippen molar-refractivity contribution in [2.45, 2.75) is 0 Å². The minimum Gasteiger partial charge on any atom is -0.339 e. The Bertz CT molecular complexity index is 469. The van der Waals surface area contributed by atoms with Crippen LogP contribution in [-0.2, 0) is 9.84 Å². The summed E-state index contributed by atoms with van der Waals surface area (Å²) in [5.41, 5.74) is 0.411. The molecule has 0 spiro atoms. The van der Waals surface area contributed by atoms with Crippen molar-refractivity contribution in [3.63, 3.8) is 0 Å². The molecule has 1 aromatic rings. The molecule has 1 fully saturated rings. The van der Waals surface area contributed by atoms with Crippen LogP contribution in [0.1, 0.15) is 10.4 Å². The van der Waals surface area contributed by atoms with Crippen molar-refractivity contribution in [1.29, 1.82) is 0 Å². The number of rotatable bonds is 2. The summed E-state index contributed by atoms with van der Waals surface area (Å²) in [6.45, 7) is 0.811. The minimum atomic E-state index is -2.89. The summed E-state index contributed by atoms with van der Waals surface area (Å²) in [4.78, 5) is 20.2. The average molecular weight is 241 g/mol. The van der Waals surface area contributed by atoms with Crippen molar-refractivity contribution in [1.82, 2.24) is 9.97 Å². The first-order valence-electron chi connectivity index (χ1n) is 4.83. The van der Waals surface area contributed by atoms with Gasteiger partial charge in [-0.15, -0.1) is 0 Å². The summed E-state index contributed by atoms with van der Waals surface area (Å²) < 4.78 is 22.4. The second kappa shape index (κ2) is 4.17. The summed E-state index contributed by atoms with van der Waals surface area (Å²) in [5, 5.41) is 0. The van der Waals surface area contributed by atoms with Gasteiger partial charge >= 0.3 is 0 Å². The van der Waals surface area contributed by atoms with Gasteiger partial charge in [0.05, 0.1) is 17.1 Å². The molecule has 0 aromatic carbocycles. The van der Waals surface area contributed by atoms with E-state index >= 15 is 0 Å². The Balaban J connectivity index is 2.11. The van der Waals surface area contributed by atoms with E-state index in [0.29, 0.717) is 30.9 Å². The monoisotopic (exact) mass is 241 g/mol. The van der Waals surface area contributed by atoms with E-state index < -0.39 is 9.84 Å². The average Bonchev–Trinajstić information content (AvgIpc) is 2.29. The van der Waals surface area contributed by atoms with Gasteiger partial charge in [0.1, 0.15) is 0 Å². The number of hydrogen-bond donors (Lipinski definition) is 0. The fraction of sp³-hybridized carbons (Fsp3) is 0.444. The molecule has 1 aliphatic heterocycles. The third kappa shape index (κ3) is 2.35. The molecule has 0 bridgehead atoms. The van der Waals surface area contributed by atoms with Crippen LogP contribution in [0.5, 0.6) is 0 Å². The van der Waals surface area contributed by atoms with Crippen LogP contribution in [0.25, 0.3) is 0 Å². The Morgan fingerprint density at radius 1 is 1.19 bits per heavy atom. The SMILES string of the molecule is O=Cc1cnc(N2CCS(=O)(=O)CC2)nc1. The summed E-state index contributed by atoms with van der Waals surface area (Å²) in [6, 6.07) is 0. The van der Waals surface area contributed by atoms with E-state index in [4.69, 9.17) is 0 Å². The van der Waals surface area contributed by atoms with Gasteiger partial charge in [0.25, 0.3) is 0 Å². The summed E-state index contributed by atoms with van der Waals surface area (Å²) in [6.07, 6.45) is 3.53. The van der Waals surface area contributed by atoms with E-state index in [1.165, 1.54) is 12.4 Å².